The maximum atomic E-state index is 6.03. The predicted octanol–water partition coefficient (Wildman–Crippen LogP) is 4.04. The van der Waals surface area contributed by atoms with Crippen molar-refractivity contribution in [3.63, 3.8) is 0 Å². The quantitative estimate of drug-likeness (QED) is 0.618. The fourth-order valence-electron chi connectivity index (χ4n) is 1.77. The summed E-state index contributed by atoms with van der Waals surface area (Å²) in [6.45, 7) is 2.82. The number of hydrogen-bond donors (Lipinski definition) is 2. The fraction of sp³-hybridized carbons (Fsp3) is 0.286. The van der Waals surface area contributed by atoms with Crippen LogP contribution in [0.25, 0.3) is 0 Å². The van der Waals surface area contributed by atoms with Gasteiger partial charge >= 0.3 is 0 Å². The van der Waals surface area contributed by atoms with E-state index in [0.717, 1.165) is 18.1 Å². The van der Waals surface area contributed by atoms with Gasteiger partial charge in [0.25, 0.3) is 0 Å². The van der Waals surface area contributed by atoms with Crippen LogP contribution in [-0.2, 0) is 0 Å². The van der Waals surface area contributed by atoms with Gasteiger partial charge in [0.2, 0.25) is 0 Å². The van der Waals surface area contributed by atoms with E-state index in [0.29, 0.717) is 21.7 Å². The van der Waals surface area contributed by atoms with Crippen molar-refractivity contribution < 1.29 is 4.74 Å². The summed E-state index contributed by atoms with van der Waals surface area (Å²) in [5.74, 6) is 2.17. The van der Waals surface area contributed by atoms with Crippen LogP contribution in [0.2, 0.25) is 5.02 Å². The third kappa shape index (κ3) is 4.15. The van der Waals surface area contributed by atoms with E-state index in [2.05, 4.69) is 20.6 Å². The van der Waals surface area contributed by atoms with Gasteiger partial charge in [-0.15, -0.1) is 0 Å². The maximum absolute atomic E-state index is 6.03. The zero-order chi connectivity index (χ0) is 15.2. The highest BCUT2D eigenvalue weighted by Crippen LogP contribution is 2.30. The van der Waals surface area contributed by atoms with Gasteiger partial charge in [-0.3, -0.25) is 0 Å². The smallest absolute Gasteiger partial charge is 0.191 e. The van der Waals surface area contributed by atoms with Crippen molar-refractivity contribution in [3.05, 3.63) is 29.3 Å². The number of anilines is 3. The molecule has 1 aromatic carbocycles. The van der Waals surface area contributed by atoms with Crippen molar-refractivity contribution in [2.75, 3.05) is 30.5 Å². The van der Waals surface area contributed by atoms with Crippen LogP contribution in [0.4, 0.5) is 17.3 Å². The Balaban J connectivity index is 2.34. The molecule has 0 unspecified atom stereocenters. The number of rotatable bonds is 6. The first kappa shape index (κ1) is 15.7. The molecule has 0 atom stereocenters. The monoisotopic (exact) mass is 324 g/mol. The first-order chi connectivity index (χ1) is 10.2. The summed E-state index contributed by atoms with van der Waals surface area (Å²) in [4.78, 5) is 8.82. The van der Waals surface area contributed by atoms with E-state index in [1.165, 1.54) is 11.8 Å². The normalized spacial score (nSPS) is 10.3. The summed E-state index contributed by atoms with van der Waals surface area (Å²) in [7, 11) is 1.62. The molecule has 0 bridgehead atoms. The zero-order valence-corrected chi connectivity index (χ0v) is 13.7. The fourth-order valence-corrected chi connectivity index (χ4v) is 2.32. The molecule has 1 aromatic heterocycles. The van der Waals surface area contributed by atoms with Crippen molar-refractivity contribution in [1.29, 1.82) is 0 Å². The van der Waals surface area contributed by atoms with E-state index in [9.17, 15) is 0 Å². The van der Waals surface area contributed by atoms with Gasteiger partial charge < -0.3 is 15.4 Å². The minimum atomic E-state index is 0.629. The van der Waals surface area contributed by atoms with Crippen molar-refractivity contribution in [1.82, 2.24) is 9.97 Å². The van der Waals surface area contributed by atoms with Gasteiger partial charge in [-0.25, -0.2) is 9.97 Å². The number of thioether (sulfide) groups is 1. The van der Waals surface area contributed by atoms with E-state index >= 15 is 0 Å². The molecule has 2 rings (SSSR count). The minimum absolute atomic E-state index is 0.629. The highest BCUT2D eigenvalue weighted by atomic mass is 35.5. The summed E-state index contributed by atoms with van der Waals surface area (Å²) < 4.78 is 5.32. The van der Waals surface area contributed by atoms with Gasteiger partial charge in [0.15, 0.2) is 5.16 Å². The molecule has 0 spiro atoms. The molecule has 112 valence electrons. The van der Waals surface area contributed by atoms with Crippen molar-refractivity contribution in [3.8, 4) is 5.75 Å². The lowest BCUT2D eigenvalue weighted by molar-refractivity contribution is 0.417. The Bertz CT molecular complexity index is 624. The Morgan fingerprint density at radius 3 is 2.67 bits per heavy atom. The van der Waals surface area contributed by atoms with Crippen molar-refractivity contribution >= 4 is 40.7 Å². The Hall–Kier alpha value is -1.66. The van der Waals surface area contributed by atoms with E-state index in [-0.39, 0.29) is 0 Å². The molecule has 7 heteroatoms. The lowest BCUT2D eigenvalue weighted by atomic mass is 10.3. The Labute approximate surface area is 133 Å². The van der Waals surface area contributed by atoms with Gasteiger partial charge in [0.1, 0.15) is 17.4 Å². The van der Waals surface area contributed by atoms with Crippen LogP contribution in [0.1, 0.15) is 6.92 Å². The second kappa shape index (κ2) is 7.38. The molecular weight excluding hydrogens is 308 g/mol. The number of methoxy groups -OCH3 is 1. The summed E-state index contributed by atoms with van der Waals surface area (Å²) in [5.41, 5.74) is 0.762. The SMILES string of the molecule is CCNc1cc(Nc2cc(Cl)ccc2OC)nc(SC)n1. The Kier molecular flexibility index (Phi) is 5.52. The number of nitrogens with zero attached hydrogens (tertiary/aromatic N) is 2. The number of ether oxygens (including phenoxy) is 1. The summed E-state index contributed by atoms with van der Waals surface area (Å²) in [5, 5.41) is 7.73. The molecule has 0 aliphatic carbocycles. The topological polar surface area (TPSA) is 59.1 Å². The average molecular weight is 325 g/mol. The van der Waals surface area contributed by atoms with E-state index in [4.69, 9.17) is 16.3 Å². The molecule has 0 radical (unpaired) electrons. The molecule has 0 aliphatic rings. The number of nitrogens with one attached hydrogen (secondary N) is 2. The van der Waals surface area contributed by atoms with Gasteiger partial charge in [-0.2, -0.15) is 0 Å². The average Bonchev–Trinajstić information content (AvgIpc) is 2.47. The molecule has 21 heavy (non-hydrogen) atoms. The van der Waals surface area contributed by atoms with Gasteiger partial charge in [-0.1, -0.05) is 23.4 Å². The first-order valence-corrected chi connectivity index (χ1v) is 8.04. The van der Waals surface area contributed by atoms with Crippen LogP contribution in [-0.4, -0.2) is 29.9 Å². The van der Waals surface area contributed by atoms with E-state index < -0.39 is 0 Å². The molecule has 2 N–H and O–H groups in total. The molecular formula is C14H17ClN4OS. The molecule has 0 amide bonds. The number of halogens is 1. The lowest BCUT2D eigenvalue weighted by Gasteiger charge is -2.12. The van der Waals surface area contributed by atoms with E-state index in [1.54, 1.807) is 19.2 Å². The van der Waals surface area contributed by atoms with Crippen molar-refractivity contribution in [2.45, 2.75) is 12.1 Å². The largest absolute Gasteiger partial charge is 0.495 e. The van der Waals surface area contributed by atoms with E-state index in [1.807, 2.05) is 25.3 Å². The summed E-state index contributed by atoms with van der Waals surface area (Å²) >= 11 is 7.52. The molecule has 5 nitrogen and oxygen atoms in total. The van der Waals surface area contributed by atoms with Crippen LogP contribution in [0.5, 0.6) is 5.75 Å². The second-order valence-electron chi connectivity index (χ2n) is 4.13. The number of aromatic nitrogens is 2. The van der Waals surface area contributed by atoms with Gasteiger partial charge in [0.05, 0.1) is 12.8 Å². The Morgan fingerprint density at radius 2 is 2.00 bits per heavy atom. The third-order valence-corrected chi connectivity index (χ3v) is 3.45. The molecule has 1 heterocycles. The van der Waals surface area contributed by atoms with Crippen LogP contribution in [0.15, 0.2) is 29.4 Å². The number of benzene rings is 1. The highest BCUT2D eigenvalue weighted by Gasteiger charge is 2.08. The maximum Gasteiger partial charge on any atom is 0.191 e. The van der Waals surface area contributed by atoms with Crippen LogP contribution >= 0.6 is 23.4 Å². The first-order valence-electron chi connectivity index (χ1n) is 6.43. The molecule has 0 saturated carbocycles. The van der Waals surface area contributed by atoms with Crippen molar-refractivity contribution in [2.24, 2.45) is 0 Å². The van der Waals surface area contributed by atoms with Crippen LogP contribution in [0.3, 0.4) is 0 Å². The third-order valence-electron chi connectivity index (χ3n) is 2.67. The summed E-state index contributed by atoms with van der Waals surface area (Å²) in [6.07, 6.45) is 1.94. The standard InChI is InChI=1S/C14H17ClN4OS/c1-4-16-12-8-13(19-14(18-12)21-3)17-10-7-9(15)5-6-11(10)20-2/h5-8H,4H2,1-3H3,(H2,16,17,18,19). The lowest BCUT2D eigenvalue weighted by Crippen LogP contribution is -2.04. The predicted molar refractivity (Wildman–Crippen MR) is 89.3 cm³/mol. The van der Waals surface area contributed by atoms with Gasteiger partial charge in [-0.05, 0) is 31.4 Å². The second-order valence-corrected chi connectivity index (χ2v) is 5.33. The number of hydrogen-bond acceptors (Lipinski definition) is 6. The molecule has 0 fully saturated rings. The minimum Gasteiger partial charge on any atom is -0.495 e. The van der Waals surface area contributed by atoms with Crippen LogP contribution in [0, 0.1) is 0 Å². The molecule has 2 aromatic rings. The molecule has 0 aliphatic heterocycles. The Morgan fingerprint density at radius 1 is 1.24 bits per heavy atom. The zero-order valence-electron chi connectivity index (χ0n) is 12.1. The summed E-state index contributed by atoms with van der Waals surface area (Å²) in [6, 6.07) is 7.24. The highest BCUT2D eigenvalue weighted by molar-refractivity contribution is 7.98. The van der Waals surface area contributed by atoms with Gasteiger partial charge in [0, 0.05) is 17.6 Å². The van der Waals surface area contributed by atoms with Crippen LogP contribution < -0.4 is 15.4 Å². The molecule has 0 saturated heterocycles.